The van der Waals surface area contributed by atoms with Gasteiger partial charge >= 0.3 is 0 Å². The molecule has 0 saturated carbocycles. The van der Waals surface area contributed by atoms with Gasteiger partial charge in [0, 0.05) is 11.3 Å². The van der Waals surface area contributed by atoms with Gasteiger partial charge in [-0.25, -0.2) is 0 Å². The molecular formula is C11H23NS. The Balaban J connectivity index is 2.40. The highest BCUT2D eigenvalue weighted by atomic mass is 32.2. The maximum Gasteiger partial charge on any atom is 0.0282 e. The van der Waals surface area contributed by atoms with Crippen molar-refractivity contribution in [2.45, 2.75) is 51.2 Å². The Hall–Kier alpha value is 0.310. The third kappa shape index (κ3) is 3.51. The van der Waals surface area contributed by atoms with E-state index in [1.807, 2.05) is 0 Å². The first-order valence-corrected chi connectivity index (χ1v) is 6.30. The molecule has 78 valence electrons. The van der Waals surface area contributed by atoms with E-state index in [1.165, 1.54) is 31.4 Å². The molecule has 0 aromatic carbocycles. The van der Waals surface area contributed by atoms with Gasteiger partial charge in [-0.3, -0.25) is 0 Å². The largest absolute Gasteiger partial charge is 0.329 e. The highest BCUT2D eigenvalue weighted by Gasteiger charge is 2.33. The molecule has 1 rings (SSSR count). The van der Waals surface area contributed by atoms with Gasteiger partial charge in [-0.05, 0) is 36.9 Å². The van der Waals surface area contributed by atoms with Crippen molar-refractivity contribution in [3.8, 4) is 0 Å². The normalized spacial score (nSPS) is 29.5. The van der Waals surface area contributed by atoms with Crippen molar-refractivity contribution in [1.29, 1.82) is 0 Å². The summed E-state index contributed by atoms with van der Waals surface area (Å²) in [6.45, 7) is 7.82. The molecular weight excluding hydrogens is 178 g/mol. The van der Waals surface area contributed by atoms with Crippen molar-refractivity contribution < 1.29 is 0 Å². The summed E-state index contributed by atoms with van der Waals surface area (Å²) in [5.74, 6) is 1.32. The van der Waals surface area contributed by atoms with E-state index in [4.69, 9.17) is 5.73 Å². The van der Waals surface area contributed by atoms with Gasteiger partial charge in [0.2, 0.25) is 0 Å². The van der Waals surface area contributed by atoms with Crippen molar-refractivity contribution >= 4 is 11.8 Å². The lowest BCUT2D eigenvalue weighted by molar-refractivity contribution is 0.335. The second-order valence-corrected chi connectivity index (χ2v) is 6.96. The number of hydrogen-bond acceptors (Lipinski definition) is 2. The average molecular weight is 201 g/mol. The van der Waals surface area contributed by atoms with Crippen LogP contribution in [-0.2, 0) is 0 Å². The topological polar surface area (TPSA) is 26.0 Å². The minimum atomic E-state index is 0.438. The summed E-state index contributed by atoms with van der Waals surface area (Å²) in [7, 11) is 0. The van der Waals surface area contributed by atoms with Crippen LogP contribution in [0.15, 0.2) is 0 Å². The lowest BCUT2D eigenvalue weighted by atomic mass is 9.85. The van der Waals surface area contributed by atoms with Crippen LogP contribution >= 0.6 is 11.8 Å². The standard InChI is InChI=1S/C11H23NS/c1-10(2,3)6-7-11(9-12)5-4-8-13-11/h4-9,12H2,1-3H3. The predicted octanol–water partition coefficient (Wildman–Crippen LogP) is 3.04. The number of nitrogens with two attached hydrogens (primary N) is 1. The Morgan fingerprint density at radius 3 is 2.46 bits per heavy atom. The van der Waals surface area contributed by atoms with Crippen LogP contribution in [0.5, 0.6) is 0 Å². The van der Waals surface area contributed by atoms with E-state index >= 15 is 0 Å². The van der Waals surface area contributed by atoms with E-state index in [9.17, 15) is 0 Å². The van der Waals surface area contributed by atoms with Gasteiger partial charge in [0.05, 0.1) is 0 Å². The Morgan fingerprint density at radius 2 is 2.08 bits per heavy atom. The second kappa shape index (κ2) is 4.22. The van der Waals surface area contributed by atoms with E-state index in [1.54, 1.807) is 0 Å². The van der Waals surface area contributed by atoms with E-state index in [0.717, 1.165) is 6.54 Å². The van der Waals surface area contributed by atoms with E-state index in [0.29, 0.717) is 10.2 Å². The Labute approximate surface area is 86.8 Å². The zero-order valence-corrected chi connectivity index (χ0v) is 10.0. The fourth-order valence-corrected chi connectivity index (χ4v) is 3.19. The second-order valence-electron chi connectivity index (χ2n) is 5.40. The van der Waals surface area contributed by atoms with E-state index in [2.05, 4.69) is 32.5 Å². The van der Waals surface area contributed by atoms with E-state index < -0.39 is 0 Å². The quantitative estimate of drug-likeness (QED) is 0.759. The Bertz CT molecular complexity index is 154. The predicted molar refractivity (Wildman–Crippen MR) is 62.2 cm³/mol. The highest BCUT2D eigenvalue weighted by Crippen LogP contribution is 2.42. The Kier molecular flexibility index (Phi) is 3.70. The van der Waals surface area contributed by atoms with Crippen LogP contribution in [0.4, 0.5) is 0 Å². The van der Waals surface area contributed by atoms with Gasteiger partial charge in [-0.15, -0.1) is 0 Å². The molecule has 0 radical (unpaired) electrons. The molecule has 1 atom stereocenters. The number of thioether (sulfide) groups is 1. The molecule has 1 saturated heterocycles. The summed E-state index contributed by atoms with van der Waals surface area (Å²) in [5.41, 5.74) is 6.34. The van der Waals surface area contributed by atoms with Gasteiger partial charge in [-0.2, -0.15) is 11.8 Å². The zero-order chi connectivity index (χ0) is 9.95. The van der Waals surface area contributed by atoms with Gasteiger partial charge in [-0.1, -0.05) is 20.8 Å². The first kappa shape index (κ1) is 11.4. The number of hydrogen-bond donors (Lipinski definition) is 1. The molecule has 1 heterocycles. The zero-order valence-electron chi connectivity index (χ0n) is 9.23. The molecule has 0 amide bonds. The summed E-state index contributed by atoms with van der Waals surface area (Å²) < 4.78 is 0.438. The third-order valence-corrected chi connectivity index (χ3v) is 4.57. The molecule has 1 fully saturated rings. The van der Waals surface area contributed by atoms with Crippen LogP contribution in [0.2, 0.25) is 0 Å². The summed E-state index contributed by atoms with van der Waals surface area (Å²) in [5, 5.41) is 0. The van der Waals surface area contributed by atoms with Gasteiger partial charge in [0.15, 0.2) is 0 Å². The molecule has 1 unspecified atom stereocenters. The lowest BCUT2D eigenvalue weighted by Crippen LogP contribution is -2.32. The average Bonchev–Trinajstić information content (AvgIpc) is 2.49. The van der Waals surface area contributed by atoms with Crippen molar-refractivity contribution in [3.05, 3.63) is 0 Å². The van der Waals surface area contributed by atoms with Crippen molar-refractivity contribution in [1.82, 2.24) is 0 Å². The SMILES string of the molecule is CC(C)(C)CCC1(CN)CCCS1. The van der Waals surface area contributed by atoms with Crippen molar-refractivity contribution in [2.24, 2.45) is 11.1 Å². The fraction of sp³-hybridized carbons (Fsp3) is 1.00. The molecule has 2 N–H and O–H groups in total. The molecule has 0 aromatic rings. The number of rotatable bonds is 3. The first-order valence-electron chi connectivity index (χ1n) is 5.32. The molecule has 0 aromatic heterocycles. The maximum absolute atomic E-state index is 5.88. The Morgan fingerprint density at radius 1 is 1.38 bits per heavy atom. The van der Waals surface area contributed by atoms with Crippen LogP contribution in [0.25, 0.3) is 0 Å². The lowest BCUT2D eigenvalue weighted by Gasteiger charge is -2.30. The monoisotopic (exact) mass is 201 g/mol. The van der Waals surface area contributed by atoms with Gasteiger partial charge < -0.3 is 5.73 Å². The van der Waals surface area contributed by atoms with Crippen LogP contribution in [-0.4, -0.2) is 17.0 Å². The minimum Gasteiger partial charge on any atom is -0.329 e. The third-order valence-electron chi connectivity index (χ3n) is 2.89. The smallest absolute Gasteiger partial charge is 0.0282 e. The minimum absolute atomic E-state index is 0.438. The molecule has 2 heteroatoms. The van der Waals surface area contributed by atoms with Crippen LogP contribution in [0, 0.1) is 5.41 Å². The van der Waals surface area contributed by atoms with Crippen molar-refractivity contribution in [2.75, 3.05) is 12.3 Å². The van der Waals surface area contributed by atoms with Crippen LogP contribution < -0.4 is 5.73 Å². The fourth-order valence-electron chi connectivity index (χ4n) is 1.82. The molecule has 1 aliphatic heterocycles. The van der Waals surface area contributed by atoms with Crippen LogP contribution in [0.1, 0.15) is 46.5 Å². The highest BCUT2D eigenvalue weighted by molar-refractivity contribution is 8.00. The first-order chi connectivity index (χ1) is 5.97. The van der Waals surface area contributed by atoms with Gasteiger partial charge in [0.1, 0.15) is 0 Å². The molecule has 0 bridgehead atoms. The summed E-state index contributed by atoms with van der Waals surface area (Å²) in [4.78, 5) is 0. The summed E-state index contributed by atoms with van der Waals surface area (Å²) in [6, 6.07) is 0. The van der Waals surface area contributed by atoms with E-state index in [-0.39, 0.29) is 0 Å². The van der Waals surface area contributed by atoms with Crippen molar-refractivity contribution in [3.63, 3.8) is 0 Å². The maximum atomic E-state index is 5.88. The molecule has 1 nitrogen and oxygen atoms in total. The summed E-state index contributed by atoms with van der Waals surface area (Å²) in [6.07, 6.45) is 5.31. The van der Waals surface area contributed by atoms with Crippen LogP contribution in [0.3, 0.4) is 0 Å². The molecule has 0 spiro atoms. The molecule has 0 aliphatic carbocycles. The summed E-state index contributed by atoms with van der Waals surface area (Å²) >= 11 is 2.11. The van der Waals surface area contributed by atoms with Gasteiger partial charge in [0.25, 0.3) is 0 Å². The molecule has 13 heavy (non-hydrogen) atoms. The molecule has 1 aliphatic rings.